The molecule has 0 aliphatic heterocycles. The van der Waals surface area contributed by atoms with Gasteiger partial charge in [0, 0.05) is 18.4 Å². The lowest BCUT2D eigenvalue weighted by molar-refractivity contribution is -0.480. The van der Waals surface area contributed by atoms with Gasteiger partial charge in [0.2, 0.25) is 6.54 Å². The molecule has 0 saturated heterocycles. The van der Waals surface area contributed by atoms with Crippen LogP contribution in [0.15, 0.2) is 11.1 Å². The Labute approximate surface area is 174 Å². The second-order valence-electron chi connectivity index (χ2n) is 7.36. The molecule has 11 nitrogen and oxygen atoms in total. The number of imidazole rings is 1. The summed E-state index contributed by atoms with van der Waals surface area (Å²) in [7, 11) is 1.47. The number of carbonyl (C=O) groups excluding carboxylic acids is 1. The van der Waals surface area contributed by atoms with Crippen LogP contribution < -0.4 is 5.69 Å². The highest BCUT2D eigenvalue weighted by molar-refractivity contribution is 5.93. The molecule has 0 amide bonds. The Morgan fingerprint density at radius 3 is 2.20 bits per heavy atom. The molecule has 0 aliphatic rings. The van der Waals surface area contributed by atoms with E-state index in [1.807, 2.05) is 0 Å². The van der Waals surface area contributed by atoms with E-state index in [2.05, 4.69) is 15.3 Å². The quantitative estimate of drug-likeness (QED) is 0.185. The fourth-order valence-electron chi connectivity index (χ4n) is 3.19. The van der Waals surface area contributed by atoms with Crippen LogP contribution in [0.1, 0.15) is 81.1 Å². The van der Waals surface area contributed by atoms with Gasteiger partial charge in [-0.25, -0.2) is 19.0 Å². The zero-order valence-electron chi connectivity index (χ0n) is 17.5. The Balaban J connectivity index is 1.49. The zero-order chi connectivity index (χ0) is 21.8. The summed E-state index contributed by atoms with van der Waals surface area (Å²) in [5, 5.41) is 17.7. The normalized spacial score (nSPS) is 11.1. The summed E-state index contributed by atoms with van der Waals surface area (Å²) in [6, 6.07) is 0. The van der Waals surface area contributed by atoms with Crippen LogP contribution in [0, 0.1) is 10.1 Å². The van der Waals surface area contributed by atoms with E-state index in [9.17, 15) is 19.7 Å². The number of hydrogen-bond acceptors (Lipinski definition) is 8. The molecule has 0 bridgehead atoms. The molecular formula is C19H30N6O5. The molecule has 2 aromatic rings. The second-order valence-corrected chi connectivity index (χ2v) is 7.36. The number of carbonyl (C=O) groups is 1. The van der Waals surface area contributed by atoms with Crippen molar-refractivity contribution >= 4 is 11.6 Å². The van der Waals surface area contributed by atoms with Crippen LogP contribution >= 0.6 is 0 Å². The third kappa shape index (κ3) is 7.53. The van der Waals surface area contributed by atoms with E-state index in [0.717, 1.165) is 54.0 Å². The summed E-state index contributed by atoms with van der Waals surface area (Å²) in [6.07, 6.45) is 12.7. The van der Waals surface area contributed by atoms with Gasteiger partial charge in [-0.3, -0.25) is 10.1 Å². The van der Waals surface area contributed by atoms with Gasteiger partial charge in [0.1, 0.15) is 6.33 Å². The van der Waals surface area contributed by atoms with Gasteiger partial charge in [-0.15, -0.1) is 5.10 Å². The maximum absolute atomic E-state index is 12.1. The lowest BCUT2D eigenvalue weighted by Crippen LogP contribution is -2.27. The van der Waals surface area contributed by atoms with Crippen LogP contribution in [-0.2, 0) is 11.8 Å². The van der Waals surface area contributed by atoms with Crippen molar-refractivity contribution in [2.75, 3.05) is 13.2 Å². The van der Waals surface area contributed by atoms with Crippen molar-refractivity contribution in [3.63, 3.8) is 0 Å². The molecule has 0 unspecified atom stereocenters. The molecule has 2 rings (SSSR count). The first kappa shape index (κ1) is 23.4. The van der Waals surface area contributed by atoms with Crippen molar-refractivity contribution in [1.29, 1.82) is 0 Å². The first-order valence-electron chi connectivity index (χ1n) is 10.6. The van der Waals surface area contributed by atoms with Gasteiger partial charge in [-0.2, -0.15) is 4.68 Å². The van der Waals surface area contributed by atoms with Crippen LogP contribution in [0.2, 0.25) is 0 Å². The first-order valence-corrected chi connectivity index (χ1v) is 10.6. The third-order valence-corrected chi connectivity index (χ3v) is 4.91. The van der Waals surface area contributed by atoms with Crippen LogP contribution in [0.4, 0.5) is 0 Å². The minimum absolute atomic E-state index is 0.00131. The predicted molar refractivity (Wildman–Crippen MR) is 109 cm³/mol. The standard InChI is InChI=1S/C19H30N6O5/c1-23-19(27)24-15-20-16(17(24)21-22-23)18(26)30-14-12-10-8-6-4-2-3-5-7-9-11-13-25(28)29/h15H,2-14H2,1H3. The average molecular weight is 422 g/mol. The molecule has 166 valence electrons. The van der Waals surface area contributed by atoms with Gasteiger partial charge >= 0.3 is 11.7 Å². The SMILES string of the molecule is Cn1nnc2c(C(=O)OCCCCCCCCCCCCC[N+](=O)[O-])ncn2c1=O. The molecular weight excluding hydrogens is 392 g/mol. The summed E-state index contributed by atoms with van der Waals surface area (Å²) >= 11 is 0. The summed E-state index contributed by atoms with van der Waals surface area (Å²) in [6.45, 7) is 0.391. The smallest absolute Gasteiger partial charge is 0.360 e. The van der Waals surface area contributed by atoms with Crippen LogP contribution in [0.5, 0.6) is 0 Å². The fraction of sp³-hybridized carbons (Fsp3) is 0.737. The van der Waals surface area contributed by atoms with Gasteiger partial charge < -0.3 is 4.74 Å². The predicted octanol–water partition coefficient (Wildman–Crippen LogP) is 2.55. The summed E-state index contributed by atoms with van der Waals surface area (Å²) in [4.78, 5) is 37.9. The maximum atomic E-state index is 12.1. The number of unbranched alkanes of at least 4 members (excludes halogenated alkanes) is 10. The molecule has 0 radical (unpaired) electrons. The Bertz CT molecular complexity index is 878. The molecule has 0 aromatic carbocycles. The van der Waals surface area contributed by atoms with Crippen LogP contribution in [0.25, 0.3) is 5.65 Å². The maximum Gasteiger partial charge on any atom is 0.360 e. The van der Waals surface area contributed by atoms with Crippen molar-refractivity contribution in [1.82, 2.24) is 24.4 Å². The van der Waals surface area contributed by atoms with E-state index in [-0.39, 0.29) is 22.8 Å². The highest BCUT2D eigenvalue weighted by Crippen LogP contribution is 2.12. The number of hydrogen-bond donors (Lipinski definition) is 0. The lowest BCUT2D eigenvalue weighted by atomic mass is 10.1. The topological polar surface area (TPSA) is 135 Å². The first-order chi connectivity index (χ1) is 14.5. The Hall–Kier alpha value is -2.85. The van der Waals surface area contributed by atoms with Gasteiger partial charge in [-0.05, 0) is 12.8 Å². The van der Waals surface area contributed by atoms with E-state index in [1.165, 1.54) is 32.6 Å². The number of rotatable bonds is 15. The summed E-state index contributed by atoms with van der Waals surface area (Å²) < 4.78 is 7.46. The largest absolute Gasteiger partial charge is 0.461 e. The molecule has 2 heterocycles. The van der Waals surface area contributed by atoms with Crippen LogP contribution in [-0.4, -0.2) is 48.4 Å². The minimum atomic E-state index is -0.599. The van der Waals surface area contributed by atoms with Gasteiger partial charge in [-0.1, -0.05) is 56.6 Å². The minimum Gasteiger partial charge on any atom is -0.461 e. The van der Waals surface area contributed by atoms with E-state index in [1.54, 1.807) is 0 Å². The molecule has 30 heavy (non-hydrogen) atoms. The van der Waals surface area contributed by atoms with E-state index >= 15 is 0 Å². The van der Waals surface area contributed by atoms with E-state index < -0.39 is 11.7 Å². The lowest BCUT2D eigenvalue weighted by Gasteiger charge is -2.04. The van der Waals surface area contributed by atoms with Crippen molar-refractivity contribution in [2.45, 2.75) is 70.6 Å². The Morgan fingerprint density at radius 2 is 1.60 bits per heavy atom. The van der Waals surface area contributed by atoms with E-state index in [4.69, 9.17) is 4.74 Å². The molecule has 0 saturated carbocycles. The van der Waals surface area contributed by atoms with Gasteiger partial charge in [0.05, 0.1) is 6.61 Å². The molecule has 2 aromatic heterocycles. The molecule has 0 aliphatic carbocycles. The van der Waals surface area contributed by atoms with Crippen molar-refractivity contribution in [3.05, 3.63) is 32.6 Å². The summed E-state index contributed by atoms with van der Waals surface area (Å²) in [5.41, 5.74) is -0.333. The number of nitro groups is 1. The number of fused-ring (bicyclic) bond motifs is 1. The molecule has 0 atom stereocenters. The zero-order valence-corrected chi connectivity index (χ0v) is 17.5. The number of aromatic nitrogens is 5. The third-order valence-electron chi connectivity index (χ3n) is 4.91. The molecule has 0 N–H and O–H groups in total. The molecule has 11 heteroatoms. The second kappa shape index (κ2) is 12.7. The average Bonchev–Trinajstić information content (AvgIpc) is 3.15. The van der Waals surface area contributed by atoms with E-state index in [0.29, 0.717) is 13.0 Å². The molecule has 0 spiro atoms. The Kier molecular flexibility index (Phi) is 9.88. The van der Waals surface area contributed by atoms with Gasteiger partial charge in [0.25, 0.3) is 0 Å². The highest BCUT2D eigenvalue weighted by Gasteiger charge is 2.18. The van der Waals surface area contributed by atoms with Crippen molar-refractivity contribution < 1.29 is 14.5 Å². The Morgan fingerprint density at radius 1 is 1.03 bits per heavy atom. The number of esters is 1. The number of nitrogens with zero attached hydrogens (tertiary/aromatic N) is 6. The number of ether oxygens (including phenoxy) is 1. The summed E-state index contributed by atoms with van der Waals surface area (Å²) in [5.74, 6) is -0.599. The van der Waals surface area contributed by atoms with Crippen LogP contribution in [0.3, 0.4) is 0 Å². The number of aryl methyl sites for hydroxylation is 1. The monoisotopic (exact) mass is 422 g/mol. The van der Waals surface area contributed by atoms with Gasteiger partial charge in [0.15, 0.2) is 11.3 Å². The molecule has 0 fully saturated rings. The van der Waals surface area contributed by atoms with Crippen molar-refractivity contribution in [3.8, 4) is 0 Å². The van der Waals surface area contributed by atoms with Crippen molar-refractivity contribution in [2.24, 2.45) is 7.05 Å². The fourth-order valence-corrected chi connectivity index (χ4v) is 3.19. The highest BCUT2D eigenvalue weighted by atomic mass is 16.6.